The van der Waals surface area contributed by atoms with Gasteiger partial charge >= 0.3 is 0 Å². The number of aromatic nitrogens is 2. The predicted octanol–water partition coefficient (Wildman–Crippen LogP) is 2.41. The average molecular weight is 299 g/mol. The van der Waals surface area contributed by atoms with Crippen molar-refractivity contribution in [2.75, 3.05) is 5.32 Å². The highest BCUT2D eigenvalue weighted by Crippen LogP contribution is 2.42. The zero-order valence-corrected chi connectivity index (χ0v) is 11.7. The number of hydrogen-bond acceptors (Lipinski definition) is 3. The number of hydrogen-bond donors (Lipinski definition) is 3. The SMILES string of the molecule is O=C1CCCC2=C1[C@H](c1ccc(F)cc1)c1c([nH][nH]c1=O)N2. The van der Waals surface area contributed by atoms with Crippen LogP contribution in [0.4, 0.5) is 10.2 Å². The number of aromatic amines is 2. The Balaban J connectivity index is 1.96. The number of allylic oxidation sites excluding steroid dienone is 2. The van der Waals surface area contributed by atoms with E-state index in [0.29, 0.717) is 23.4 Å². The van der Waals surface area contributed by atoms with Gasteiger partial charge in [0.1, 0.15) is 11.6 Å². The van der Waals surface area contributed by atoms with Gasteiger partial charge in [-0.3, -0.25) is 19.8 Å². The summed E-state index contributed by atoms with van der Waals surface area (Å²) in [5.41, 5.74) is 2.46. The quantitative estimate of drug-likeness (QED) is 0.756. The molecule has 1 aliphatic heterocycles. The zero-order chi connectivity index (χ0) is 15.3. The van der Waals surface area contributed by atoms with Crippen molar-refractivity contribution in [2.45, 2.75) is 25.2 Å². The van der Waals surface area contributed by atoms with Gasteiger partial charge in [-0.15, -0.1) is 0 Å². The van der Waals surface area contributed by atoms with E-state index in [-0.39, 0.29) is 17.2 Å². The molecule has 2 aliphatic rings. The first-order valence-electron chi connectivity index (χ1n) is 7.24. The molecule has 0 bridgehead atoms. The second kappa shape index (κ2) is 4.69. The number of carbonyl (C=O) groups excluding carboxylic acids is 1. The lowest BCUT2D eigenvalue weighted by Gasteiger charge is -2.31. The van der Waals surface area contributed by atoms with Crippen molar-refractivity contribution in [3.8, 4) is 0 Å². The minimum absolute atomic E-state index is 0.0503. The molecule has 112 valence electrons. The first-order valence-corrected chi connectivity index (χ1v) is 7.24. The van der Waals surface area contributed by atoms with E-state index in [9.17, 15) is 14.0 Å². The van der Waals surface area contributed by atoms with Gasteiger partial charge in [-0.1, -0.05) is 12.1 Å². The van der Waals surface area contributed by atoms with Gasteiger partial charge in [0.2, 0.25) is 0 Å². The molecule has 1 atom stereocenters. The topological polar surface area (TPSA) is 77.8 Å². The van der Waals surface area contributed by atoms with Crippen LogP contribution in [0.3, 0.4) is 0 Å². The van der Waals surface area contributed by atoms with E-state index < -0.39 is 5.92 Å². The molecule has 0 unspecified atom stereocenters. The molecule has 22 heavy (non-hydrogen) atoms. The van der Waals surface area contributed by atoms with Gasteiger partial charge in [0.05, 0.1) is 5.56 Å². The number of benzene rings is 1. The number of Topliss-reactive ketones (excluding diaryl/α,β-unsaturated/α-hetero) is 1. The molecular weight excluding hydrogens is 285 g/mol. The van der Waals surface area contributed by atoms with E-state index in [1.165, 1.54) is 12.1 Å². The van der Waals surface area contributed by atoms with Gasteiger partial charge in [0.15, 0.2) is 5.78 Å². The Morgan fingerprint density at radius 2 is 1.82 bits per heavy atom. The number of ketones is 1. The number of rotatable bonds is 1. The molecule has 1 aromatic heterocycles. The zero-order valence-electron chi connectivity index (χ0n) is 11.7. The van der Waals surface area contributed by atoms with Crippen molar-refractivity contribution in [1.29, 1.82) is 0 Å². The smallest absolute Gasteiger partial charge is 0.270 e. The van der Waals surface area contributed by atoms with Gasteiger partial charge in [-0.2, -0.15) is 0 Å². The molecule has 0 amide bonds. The summed E-state index contributed by atoms with van der Waals surface area (Å²) in [5, 5.41) is 8.54. The molecule has 4 rings (SSSR count). The summed E-state index contributed by atoms with van der Waals surface area (Å²) in [6.07, 6.45) is 2.05. The molecule has 0 saturated heterocycles. The summed E-state index contributed by atoms with van der Waals surface area (Å²) >= 11 is 0. The standard InChI is InChI=1S/C16H14FN3O2/c17-9-6-4-8(5-7-9)12-13-10(2-1-3-11(13)21)18-15-14(12)16(22)20-19-15/h4-7,12H,1-3H2,(H3,18,19,20,22)/t12-/m0/s1. The van der Waals surface area contributed by atoms with Crippen molar-refractivity contribution in [1.82, 2.24) is 10.2 Å². The maximum atomic E-state index is 13.2. The molecule has 6 heteroatoms. The Hall–Kier alpha value is -2.63. The molecular formula is C16H14FN3O2. The van der Waals surface area contributed by atoms with Crippen LogP contribution in [0.25, 0.3) is 0 Å². The number of anilines is 1. The first kappa shape index (κ1) is 13.1. The minimum atomic E-state index is -0.449. The van der Waals surface area contributed by atoms with E-state index in [1.807, 2.05) is 0 Å². The normalized spacial score (nSPS) is 20.4. The molecule has 2 heterocycles. The van der Waals surface area contributed by atoms with Crippen LogP contribution >= 0.6 is 0 Å². The number of carbonyl (C=O) groups is 1. The lowest BCUT2D eigenvalue weighted by atomic mass is 9.77. The lowest BCUT2D eigenvalue weighted by Crippen LogP contribution is -2.29. The third-order valence-electron chi connectivity index (χ3n) is 4.33. The van der Waals surface area contributed by atoms with E-state index >= 15 is 0 Å². The van der Waals surface area contributed by atoms with Gasteiger partial charge in [-0.25, -0.2) is 4.39 Å². The van der Waals surface area contributed by atoms with Crippen molar-refractivity contribution < 1.29 is 9.18 Å². The van der Waals surface area contributed by atoms with Crippen LogP contribution in [0.5, 0.6) is 0 Å². The van der Waals surface area contributed by atoms with E-state index in [0.717, 1.165) is 24.1 Å². The number of H-pyrrole nitrogens is 2. The van der Waals surface area contributed by atoms with Gasteiger partial charge < -0.3 is 5.32 Å². The summed E-state index contributed by atoms with van der Waals surface area (Å²) in [7, 11) is 0. The molecule has 0 spiro atoms. The second-order valence-corrected chi connectivity index (χ2v) is 5.65. The Bertz CT molecular complexity index is 845. The van der Waals surface area contributed by atoms with Crippen LogP contribution < -0.4 is 10.9 Å². The van der Waals surface area contributed by atoms with E-state index in [4.69, 9.17) is 0 Å². The van der Waals surface area contributed by atoms with Crippen LogP contribution in [0, 0.1) is 5.82 Å². The summed E-state index contributed by atoms with van der Waals surface area (Å²) in [6, 6.07) is 5.97. The van der Waals surface area contributed by atoms with Crippen LogP contribution in [0.1, 0.15) is 36.3 Å². The maximum Gasteiger partial charge on any atom is 0.270 e. The summed E-state index contributed by atoms with van der Waals surface area (Å²) in [4.78, 5) is 24.6. The summed E-state index contributed by atoms with van der Waals surface area (Å²) < 4.78 is 13.2. The Kier molecular flexibility index (Phi) is 2.79. The Labute approximate surface area is 125 Å². The van der Waals surface area contributed by atoms with E-state index in [2.05, 4.69) is 15.5 Å². The summed E-state index contributed by atoms with van der Waals surface area (Å²) in [6.45, 7) is 0. The predicted molar refractivity (Wildman–Crippen MR) is 79.2 cm³/mol. The number of fused-ring (bicyclic) bond motifs is 1. The second-order valence-electron chi connectivity index (χ2n) is 5.65. The molecule has 5 nitrogen and oxygen atoms in total. The highest BCUT2D eigenvalue weighted by atomic mass is 19.1. The van der Waals surface area contributed by atoms with Crippen molar-refractivity contribution in [2.24, 2.45) is 0 Å². The molecule has 3 N–H and O–H groups in total. The summed E-state index contributed by atoms with van der Waals surface area (Å²) in [5.74, 6) is -0.151. The largest absolute Gasteiger partial charge is 0.343 e. The van der Waals surface area contributed by atoms with Crippen LogP contribution in [-0.4, -0.2) is 16.0 Å². The lowest BCUT2D eigenvalue weighted by molar-refractivity contribution is -0.116. The minimum Gasteiger partial charge on any atom is -0.343 e. The fraction of sp³-hybridized carbons (Fsp3) is 0.250. The van der Waals surface area contributed by atoms with Crippen molar-refractivity contribution >= 4 is 11.6 Å². The maximum absolute atomic E-state index is 13.2. The van der Waals surface area contributed by atoms with Crippen LogP contribution in [-0.2, 0) is 4.79 Å². The highest BCUT2D eigenvalue weighted by Gasteiger charge is 2.37. The van der Waals surface area contributed by atoms with Crippen molar-refractivity contribution in [3.63, 3.8) is 0 Å². The average Bonchev–Trinajstić information content (AvgIpc) is 2.88. The molecule has 0 fully saturated rings. The third kappa shape index (κ3) is 1.83. The van der Waals surface area contributed by atoms with E-state index in [1.54, 1.807) is 12.1 Å². The first-order chi connectivity index (χ1) is 10.6. The van der Waals surface area contributed by atoms with Gasteiger partial charge in [-0.05, 0) is 30.5 Å². The molecule has 1 aromatic carbocycles. The number of halogens is 1. The monoisotopic (exact) mass is 299 g/mol. The highest BCUT2D eigenvalue weighted by molar-refractivity contribution is 6.00. The van der Waals surface area contributed by atoms with Gasteiger partial charge in [0, 0.05) is 23.6 Å². The van der Waals surface area contributed by atoms with Crippen molar-refractivity contribution in [3.05, 3.63) is 62.8 Å². The molecule has 2 aromatic rings. The Morgan fingerprint density at radius 1 is 1.05 bits per heavy atom. The third-order valence-corrected chi connectivity index (χ3v) is 4.33. The van der Waals surface area contributed by atoms with Gasteiger partial charge in [0.25, 0.3) is 5.56 Å². The van der Waals surface area contributed by atoms with Crippen LogP contribution in [0.15, 0.2) is 40.3 Å². The fourth-order valence-corrected chi connectivity index (χ4v) is 3.35. The molecule has 1 aliphatic carbocycles. The Morgan fingerprint density at radius 3 is 2.59 bits per heavy atom. The fourth-order valence-electron chi connectivity index (χ4n) is 3.35. The molecule has 0 radical (unpaired) electrons. The number of nitrogens with one attached hydrogen (secondary N) is 3. The van der Waals surface area contributed by atoms with Crippen LogP contribution in [0.2, 0.25) is 0 Å². The molecule has 0 saturated carbocycles.